The second kappa shape index (κ2) is 13.7. The van der Waals surface area contributed by atoms with Gasteiger partial charge < -0.3 is 20.3 Å². The Hall–Kier alpha value is -4.20. The van der Waals surface area contributed by atoms with Crippen molar-refractivity contribution >= 4 is 11.7 Å². The number of hydrogen-bond donors (Lipinski definition) is 2. The molecule has 0 aliphatic carbocycles. The Morgan fingerprint density at radius 2 is 1.55 bits per heavy atom. The smallest absolute Gasteiger partial charge is 0.319 e. The number of urea groups is 1. The van der Waals surface area contributed by atoms with Crippen LogP contribution in [0.15, 0.2) is 97.3 Å². The number of ether oxygens (including phenoxy) is 1. The Balaban J connectivity index is 1.15. The van der Waals surface area contributed by atoms with Gasteiger partial charge in [-0.2, -0.15) is 0 Å². The van der Waals surface area contributed by atoms with Crippen LogP contribution in [0.3, 0.4) is 0 Å². The third-order valence-electron chi connectivity index (χ3n) is 7.24. The highest BCUT2D eigenvalue weighted by Crippen LogP contribution is 2.29. The van der Waals surface area contributed by atoms with Gasteiger partial charge in [-0.15, -0.1) is 0 Å². The van der Waals surface area contributed by atoms with Gasteiger partial charge in [0.25, 0.3) is 0 Å². The van der Waals surface area contributed by atoms with E-state index in [1.165, 1.54) is 22.3 Å². The maximum absolute atomic E-state index is 12.2. The summed E-state index contributed by atoms with van der Waals surface area (Å²) in [6, 6.07) is 28.4. The van der Waals surface area contributed by atoms with Crippen molar-refractivity contribution in [2.75, 3.05) is 45.2 Å². The molecule has 0 radical (unpaired) electrons. The van der Waals surface area contributed by atoms with Crippen LogP contribution in [0.1, 0.15) is 16.7 Å². The highest BCUT2D eigenvalue weighted by atomic mass is 16.5. The third-order valence-corrected chi connectivity index (χ3v) is 7.24. The molecule has 1 aromatic heterocycles. The van der Waals surface area contributed by atoms with E-state index in [1.54, 1.807) is 12.4 Å². The van der Waals surface area contributed by atoms with E-state index in [1.807, 2.05) is 36.4 Å². The fourth-order valence-electron chi connectivity index (χ4n) is 4.94. The van der Waals surface area contributed by atoms with Gasteiger partial charge in [-0.05, 0) is 65.2 Å². The van der Waals surface area contributed by atoms with Gasteiger partial charge in [0.2, 0.25) is 0 Å². The van der Waals surface area contributed by atoms with Gasteiger partial charge >= 0.3 is 6.03 Å². The molecule has 7 nitrogen and oxygen atoms in total. The van der Waals surface area contributed by atoms with Crippen molar-refractivity contribution in [2.24, 2.45) is 0 Å². The largest absolute Gasteiger partial charge is 0.493 e. The maximum Gasteiger partial charge on any atom is 0.319 e. The lowest BCUT2D eigenvalue weighted by Gasteiger charge is -2.32. The van der Waals surface area contributed by atoms with Crippen LogP contribution < -0.4 is 15.4 Å². The highest BCUT2D eigenvalue weighted by molar-refractivity contribution is 5.89. The Bertz CT molecular complexity index is 1370. The molecule has 2 heterocycles. The normalized spacial score (nSPS) is 14.0. The number of rotatable bonds is 10. The number of nitrogens with one attached hydrogen (secondary N) is 2. The van der Waals surface area contributed by atoms with Crippen LogP contribution in [0.2, 0.25) is 0 Å². The predicted molar refractivity (Wildman–Crippen MR) is 160 cm³/mol. The van der Waals surface area contributed by atoms with Crippen LogP contribution in [-0.4, -0.2) is 60.6 Å². The number of piperazine rings is 1. The quantitative estimate of drug-likeness (QED) is 0.283. The molecule has 1 saturated heterocycles. The number of pyridine rings is 1. The van der Waals surface area contributed by atoms with Crippen LogP contribution in [-0.2, 0) is 19.5 Å². The summed E-state index contributed by atoms with van der Waals surface area (Å²) < 4.78 is 6.08. The number of anilines is 1. The van der Waals surface area contributed by atoms with E-state index in [-0.39, 0.29) is 6.03 Å². The second-order valence-electron chi connectivity index (χ2n) is 10.2. The lowest BCUT2D eigenvalue weighted by molar-refractivity contribution is 0.148. The number of amides is 2. The number of nitrogens with zero attached hydrogens (tertiary/aromatic N) is 3. The molecule has 0 atom stereocenters. The summed E-state index contributed by atoms with van der Waals surface area (Å²) in [5.41, 5.74) is 6.87. The molecule has 1 aliphatic rings. The molecule has 40 heavy (non-hydrogen) atoms. The summed E-state index contributed by atoms with van der Waals surface area (Å²) in [5.74, 6) is 0.772. The van der Waals surface area contributed by atoms with Crippen molar-refractivity contribution in [3.8, 4) is 16.9 Å². The SMILES string of the molecule is CN1CCN(Cc2ccccc2-c2ccccc2CCOc2ccc(NC(=O)NCc3cccnc3)cc2)CC1. The Kier molecular flexibility index (Phi) is 9.40. The number of carbonyl (C=O) groups is 1. The molecule has 206 valence electrons. The highest BCUT2D eigenvalue weighted by Gasteiger charge is 2.16. The van der Waals surface area contributed by atoms with Crippen molar-refractivity contribution in [1.82, 2.24) is 20.1 Å². The van der Waals surface area contributed by atoms with Gasteiger partial charge in [0.1, 0.15) is 5.75 Å². The first-order chi connectivity index (χ1) is 19.6. The molecule has 2 N–H and O–H groups in total. The van der Waals surface area contributed by atoms with E-state index in [4.69, 9.17) is 4.74 Å². The molecule has 0 unspecified atom stereocenters. The first-order valence-electron chi connectivity index (χ1n) is 13.9. The van der Waals surface area contributed by atoms with E-state index in [9.17, 15) is 4.79 Å². The molecule has 0 bridgehead atoms. The van der Waals surface area contributed by atoms with Crippen LogP contribution >= 0.6 is 0 Å². The maximum atomic E-state index is 12.2. The van der Waals surface area contributed by atoms with Gasteiger partial charge in [-0.3, -0.25) is 9.88 Å². The number of carbonyl (C=O) groups excluding carboxylic acids is 1. The van der Waals surface area contributed by atoms with E-state index < -0.39 is 0 Å². The van der Waals surface area contributed by atoms with Gasteiger partial charge in [-0.25, -0.2) is 4.79 Å². The summed E-state index contributed by atoms with van der Waals surface area (Å²) in [7, 11) is 2.19. The van der Waals surface area contributed by atoms with Crippen molar-refractivity contribution < 1.29 is 9.53 Å². The van der Waals surface area contributed by atoms with Crippen molar-refractivity contribution in [3.63, 3.8) is 0 Å². The standard InChI is InChI=1S/C33H37N5O2/c1-37-18-20-38(21-19-37)25-28-9-3-5-11-32(28)31-10-4-2-8-27(31)16-22-40-30-14-12-29(13-15-30)36-33(39)35-24-26-7-6-17-34-23-26/h2-15,17,23H,16,18-22,24-25H2,1H3,(H2,35,36,39). The van der Waals surface area contributed by atoms with Crippen LogP contribution in [0, 0.1) is 0 Å². The summed E-state index contributed by atoms with van der Waals surface area (Å²) in [6.07, 6.45) is 4.25. The Morgan fingerprint density at radius 3 is 2.27 bits per heavy atom. The van der Waals surface area contributed by atoms with E-state index >= 15 is 0 Å². The average Bonchev–Trinajstić information content (AvgIpc) is 2.99. The molecule has 4 aromatic rings. The Labute approximate surface area is 236 Å². The molecule has 5 rings (SSSR count). The van der Waals surface area contributed by atoms with Gasteiger partial charge in [-0.1, -0.05) is 54.6 Å². The Morgan fingerprint density at radius 1 is 0.850 bits per heavy atom. The van der Waals surface area contributed by atoms with Gasteiger partial charge in [0, 0.05) is 63.8 Å². The summed E-state index contributed by atoms with van der Waals surface area (Å²) in [6.45, 7) is 6.39. The van der Waals surface area contributed by atoms with Crippen LogP contribution in [0.5, 0.6) is 5.75 Å². The second-order valence-corrected chi connectivity index (χ2v) is 10.2. The molecular formula is C33H37N5O2. The third kappa shape index (κ3) is 7.68. The van der Waals surface area contributed by atoms with Crippen molar-refractivity contribution in [1.29, 1.82) is 0 Å². The summed E-state index contributed by atoms with van der Waals surface area (Å²) >= 11 is 0. The minimum atomic E-state index is -0.262. The van der Waals surface area contributed by atoms with Crippen molar-refractivity contribution in [2.45, 2.75) is 19.5 Å². The van der Waals surface area contributed by atoms with Crippen LogP contribution in [0.25, 0.3) is 11.1 Å². The number of aromatic nitrogens is 1. The minimum absolute atomic E-state index is 0.262. The fraction of sp³-hybridized carbons (Fsp3) is 0.273. The van der Waals surface area contributed by atoms with Gasteiger partial charge in [0.15, 0.2) is 0 Å². The fourth-order valence-corrected chi connectivity index (χ4v) is 4.94. The zero-order valence-electron chi connectivity index (χ0n) is 23.1. The first-order valence-corrected chi connectivity index (χ1v) is 13.9. The topological polar surface area (TPSA) is 69.7 Å². The number of hydrogen-bond acceptors (Lipinski definition) is 5. The lowest BCUT2D eigenvalue weighted by Crippen LogP contribution is -2.43. The first kappa shape index (κ1) is 27.4. The van der Waals surface area contributed by atoms with Crippen LogP contribution in [0.4, 0.5) is 10.5 Å². The van der Waals surface area contributed by atoms with E-state index in [2.05, 4.69) is 81.0 Å². The van der Waals surface area contributed by atoms with Crippen molar-refractivity contribution in [3.05, 3.63) is 114 Å². The molecule has 2 amide bonds. The minimum Gasteiger partial charge on any atom is -0.493 e. The zero-order valence-corrected chi connectivity index (χ0v) is 23.1. The monoisotopic (exact) mass is 535 g/mol. The summed E-state index contributed by atoms with van der Waals surface area (Å²) in [5, 5.41) is 5.69. The molecule has 0 spiro atoms. The average molecular weight is 536 g/mol. The van der Waals surface area contributed by atoms with E-state index in [0.29, 0.717) is 18.8 Å². The predicted octanol–water partition coefficient (Wildman–Crippen LogP) is 5.44. The molecule has 1 fully saturated rings. The van der Waals surface area contributed by atoms with E-state index in [0.717, 1.165) is 50.5 Å². The molecule has 3 aromatic carbocycles. The summed E-state index contributed by atoms with van der Waals surface area (Å²) in [4.78, 5) is 21.2. The molecule has 1 aliphatic heterocycles. The lowest BCUT2D eigenvalue weighted by atomic mass is 9.94. The zero-order chi connectivity index (χ0) is 27.6. The molecule has 7 heteroatoms. The molecule has 0 saturated carbocycles. The number of benzene rings is 3. The van der Waals surface area contributed by atoms with Gasteiger partial charge in [0.05, 0.1) is 6.61 Å². The number of likely N-dealkylation sites (N-methyl/N-ethyl adjacent to an activating group) is 1. The molecular weight excluding hydrogens is 498 g/mol.